The Bertz CT molecular complexity index is 187. The lowest BCUT2D eigenvalue weighted by molar-refractivity contribution is -0.144. The fourth-order valence-corrected chi connectivity index (χ4v) is 1.88. The normalized spacial score (nSPS) is 12.8. The quantitative estimate of drug-likeness (QED) is 0.600. The van der Waals surface area contributed by atoms with E-state index in [1.807, 2.05) is 0 Å². The molecule has 0 heterocycles. The third kappa shape index (κ3) is 10.3. The summed E-state index contributed by atoms with van der Waals surface area (Å²) in [7, 11) is 0. The van der Waals surface area contributed by atoms with E-state index < -0.39 is 0 Å². The summed E-state index contributed by atoms with van der Waals surface area (Å²) >= 11 is 0. The molecule has 3 nitrogen and oxygen atoms in total. The topological polar surface area (TPSA) is 52.3 Å². The van der Waals surface area contributed by atoms with Crippen molar-refractivity contribution in [3.05, 3.63) is 0 Å². The number of rotatable bonds is 10. The Labute approximate surface area is 106 Å². The Kier molecular flexibility index (Phi) is 10.2. The van der Waals surface area contributed by atoms with Crippen molar-refractivity contribution in [1.82, 2.24) is 0 Å². The van der Waals surface area contributed by atoms with Crippen molar-refractivity contribution in [2.45, 2.75) is 59.3 Å². The van der Waals surface area contributed by atoms with E-state index >= 15 is 0 Å². The van der Waals surface area contributed by atoms with E-state index in [1.54, 1.807) is 0 Å². The van der Waals surface area contributed by atoms with Gasteiger partial charge in [0.1, 0.15) is 0 Å². The van der Waals surface area contributed by atoms with Crippen LogP contribution in [0.4, 0.5) is 0 Å². The number of esters is 1. The molecule has 0 rings (SSSR count). The molecule has 0 saturated carbocycles. The summed E-state index contributed by atoms with van der Waals surface area (Å²) in [6.07, 6.45) is 5.76. The number of carbonyl (C=O) groups excluding carboxylic acids is 1. The molecule has 0 spiro atoms. The van der Waals surface area contributed by atoms with Crippen LogP contribution >= 0.6 is 0 Å². The van der Waals surface area contributed by atoms with Gasteiger partial charge in [-0.05, 0) is 37.6 Å². The van der Waals surface area contributed by atoms with E-state index in [4.69, 9.17) is 10.5 Å². The van der Waals surface area contributed by atoms with E-state index in [0.717, 1.165) is 32.1 Å². The smallest absolute Gasteiger partial charge is 0.305 e. The molecule has 0 amide bonds. The first-order valence-corrected chi connectivity index (χ1v) is 6.95. The van der Waals surface area contributed by atoms with Gasteiger partial charge in [0.2, 0.25) is 0 Å². The fraction of sp³-hybridized carbons (Fsp3) is 0.929. The summed E-state index contributed by atoms with van der Waals surface area (Å²) in [5, 5.41) is 0. The Morgan fingerprint density at radius 3 is 2.41 bits per heavy atom. The maximum absolute atomic E-state index is 11.5. The zero-order valence-corrected chi connectivity index (χ0v) is 11.7. The maximum atomic E-state index is 11.5. The summed E-state index contributed by atoms with van der Waals surface area (Å²) in [5.41, 5.74) is 5.56. The highest BCUT2D eigenvalue weighted by molar-refractivity contribution is 5.69. The average Bonchev–Trinajstić information content (AvgIpc) is 2.26. The lowest BCUT2D eigenvalue weighted by Crippen LogP contribution is -2.13. The van der Waals surface area contributed by atoms with Gasteiger partial charge in [-0.2, -0.15) is 0 Å². The molecule has 1 atom stereocenters. The number of carbonyl (C=O) groups is 1. The van der Waals surface area contributed by atoms with Crippen LogP contribution < -0.4 is 5.73 Å². The third-order valence-corrected chi connectivity index (χ3v) is 2.99. The van der Waals surface area contributed by atoms with Crippen LogP contribution in [0.1, 0.15) is 59.3 Å². The minimum Gasteiger partial charge on any atom is -0.466 e. The van der Waals surface area contributed by atoms with Crippen LogP contribution in [0, 0.1) is 11.8 Å². The summed E-state index contributed by atoms with van der Waals surface area (Å²) in [6, 6.07) is 0. The number of nitrogens with two attached hydrogens (primary N) is 1. The van der Waals surface area contributed by atoms with Crippen molar-refractivity contribution < 1.29 is 9.53 Å². The Hall–Kier alpha value is -0.570. The van der Waals surface area contributed by atoms with Crippen molar-refractivity contribution in [2.75, 3.05) is 13.2 Å². The van der Waals surface area contributed by atoms with Gasteiger partial charge in [0.15, 0.2) is 0 Å². The van der Waals surface area contributed by atoms with Crippen LogP contribution in [-0.4, -0.2) is 19.1 Å². The second-order valence-electron chi connectivity index (χ2n) is 5.17. The van der Waals surface area contributed by atoms with E-state index in [2.05, 4.69) is 20.8 Å². The van der Waals surface area contributed by atoms with Gasteiger partial charge in [-0.15, -0.1) is 0 Å². The highest BCUT2D eigenvalue weighted by Gasteiger charge is 2.10. The van der Waals surface area contributed by atoms with Crippen LogP contribution in [0.25, 0.3) is 0 Å². The van der Waals surface area contributed by atoms with E-state index in [-0.39, 0.29) is 5.97 Å². The molecule has 0 aliphatic rings. The molecule has 102 valence electrons. The zero-order chi connectivity index (χ0) is 13.1. The molecule has 0 saturated heterocycles. The van der Waals surface area contributed by atoms with Crippen LogP contribution in [0.5, 0.6) is 0 Å². The highest BCUT2D eigenvalue weighted by Crippen LogP contribution is 2.17. The number of ether oxygens (including phenoxy) is 1. The lowest BCUT2D eigenvalue weighted by atomic mass is 9.94. The molecule has 1 unspecified atom stereocenters. The van der Waals surface area contributed by atoms with Crippen LogP contribution in [-0.2, 0) is 9.53 Å². The molecule has 0 aromatic rings. The first-order chi connectivity index (χ1) is 8.10. The summed E-state index contributed by atoms with van der Waals surface area (Å²) in [5.74, 6) is 1.12. The van der Waals surface area contributed by atoms with Gasteiger partial charge in [0.25, 0.3) is 0 Å². The molecule has 0 aliphatic carbocycles. The van der Waals surface area contributed by atoms with Gasteiger partial charge in [-0.3, -0.25) is 4.79 Å². The van der Waals surface area contributed by atoms with Gasteiger partial charge < -0.3 is 10.5 Å². The minimum atomic E-state index is -0.0521. The Morgan fingerprint density at radius 2 is 1.88 bits per heavy atom. The SMILES string of the molecule is CCCC(CCN)CCC(=O)OCCC(C)C. The standard InChI is InChI=1S/C14H29NO2/c1-4-5-13(8-10-15)6-7-14(16)17-11-9-12(2)3/h12-13H,4-11,15H2,1-3H3. The lowest BCUT2D eigenvalue weighted by Gasteiger charge is -2.14. The molecule has 0 aliphatic heterocycles. The highest BCUT2D eigenvalue weighted by atomic mass is 16.5. The molecular formula is C14H29NO2. The van der Waals surface area contributed by atoms with Crippen molar-refractivity contribution in [3.63, 3.8) is 0 Å². The summed E-state index contributed by atoms with van der Waals surface area (Å²) in [6.45, 7) is 7.71. The van der Waals surface area contributed by atoms with Gasteiger partial charge >= 0.3 is 5.97 Å². The van der Waals surface area contributed by atoms with E-state index in [9.17, 15) is 4.79 Å². The summed E-state index contributed by atoms with van der Waals surface area (Å²) in [4.78, 5) is 11.5. The fourth-order valence-electron chi connectivity index (χ4n) is 1.88. The maximum Gasteiger partial charge on any atom is 0.305 e. The molecule has 0 fully saturated rings. The van der Waals surface area contributed by atoms with Gasteiger partial charge in [-0.1, -0.05) is 33.6 Å². The van der Waals surface area contributed by atoms with E-state index in [1.165, 1.54) is 0 Å². The molecule has 2 N–H and O–H groups in total. The van der Waals surface area contributed by atoms with Crippen molar-refractivity contribution in [1.29, 1.82) is 0 Å². The largest absolute Gasteiger partial charge is 0.466 e. The number of hydrogen-bond donors (Lipinski definition) is 1. The molecule has 17 heavy (non-hydrogen) atoms. The monoisotopic (exact) mass is 243 g/mol. The third-order valence-electron chi connectivity index (χ3n) is 2.99. The Morgan fingerprint density at radius 1 is 1.18 bits per heavy atom. The second-order valence-corrected chi connectivity index (χ2v) is 5.17. The van der Waals surface area contributed by atoms with Crippen LogP contribution in [0.2, 0.25) is 0 Å². The minimum absolute atomic E-state index is 0.0521. The van der Waals surface area contributed by atoms with Gasteiger partial charge in [0, 0.05) is 6.42 Å². The number of hydrogen-bond acceptors (Lipinski definition) is 3. The summed E-state index contributed by atoms with van der Waals surface area (Å²) < 4.78 is 5.19. The van der Waals surface area contributed by atoms with Crippen molar-refractivity contribution in [3.8, 4) is 0 Å². The zero-order valence-electron chi connectivity index (χ0n) is 11.7. The molecule has 0 aromatic carbocycles. The van der Waals surface area contributed by atoms with Gasteiger partial charge in [-0.25, -0.2) is 0 Å². The van der Waals surface area contributed by atoms with E-state index in [0.29, 0.717) is 31.4 Å². The van der Waals surface area contributed by atoms with Crippen molar-refractivity contribution in [2.24, 2.45) is 17.6 Å². The van der Waals surface area contributed by atoms with Crippen LogP contribution in [0.15, 0.2) is 0 Å². The predicted octanol–water partition coefficient (Wildman–Crippen LogP) is 3.12. The van der Waals surface area contributed by atoms with Gasteiger partial charge in [0.05, 0.1) is 6.61 Å². The first-order valence-electron chi connectivity index (χ1n) is 6.95. The molecule has 0 aromatic heterocycles. The molecular weight excluding hydrogens is 214 g/mol. The van der Waals surface area contributed by atoms with Crippen molar-refractivity contribution >= 4 is 5.97 Å². The average molecular weight is 243 g/mol. The molecule has 0 radical (unpaired) electrons. The predicted molar refractivity (Wildman–Crippen MR) is 71.7 cm³/mol. The first kappa shape index (κ1) is 16.4. The molecule has 0 bridgehead atoms. The second kappa shape index (κ2) is 10.6. The van der Waals surface area contributed by atoms with Crippen LogP contribution in [0.3, 0.4) is 0 Å². The molecule has 3 heteroatoms. The Balaban J connectivity index is 3.64.